The Morgan fingerprint density at radius 3 is 2.45 bits per heavy atom. The molecule has 3 fully saturated rings. The Hall–Kier alpha value is -2.25. The van der Waals surface area contributed by atoms with E-state index in [1.165, 1.54) is 29.2 Å². The molecule has 1 amide bonds. The summed E-state index contributed by atoms with van der Waals surface area (Å²) in [6.07, 6.45) is 1.15. The van der Waals surface area contributed by atoms with E-state index >= 15 is 0 Å². The van der Waals surface area contributed by atoms with Crippen LogP contribution in [0.3, 0.4) is 0 Å². The molecule has 0 aromatic heterocycles. The molecule has 0 radical (unpaired) electrons. The number of rotatable bonds is 4. The predicted octanol–water partition coefficient (Wildman–Crippen LogP) is 4.76. The van der Waals surface area contributed by atoms with Crippen LogP contribution in [0.2, 0.25) is 0 Å². The molecule has 0 saturated carbocycles. The summed E-state index contributed by atoms with van der Waals surface area (Å²) in [6, 6.07) is 9.00. The molecule has 2 aromatic carbocycles. The highest BCUT2D eigenvalue weighted by molar-refractivity contribution is 5.87. The first-order chi connectivity index (χ1) is 13.5. The van der Waals surface area contributed by atoms with Gasteiger partial charge in [-0.15, -0.1) is 12.4 Å². The Bertz CT molecular complexity index is 875. The number of nitrogens with zero attached hydrogens (tertiary/aromatic N) is 2. The van der Waals surface area contributed by atoms with E-state index < -0.39 is 23.5 Å². The molecule has 0 aliphatic carbocycles. The van der Waals surface area contributed by atoms with Crippen molar-refractivity contribution < 1.29 is 22.7 Å². The van der Waals surface area contributed by atoms with Crippen molar-refractivity contribution in [2.45, 2.75) is 25.5 Å². The van der Waals surface area contributed by atoms with E-state index in [4.69, 9.17) is 4.74 Å². The number of anilines is 1. The van der Waals surface area contributed by atoms with Gasteiger partial charge in [-0.2, -0.15) is 0 Å². The lowest BCUT2D eigenvalue weighted by atomic mass is 9.86. The molecule has 2 aromatic rings. The van der Waals surface area contributed by atoms with Crippen LogP contribution < -0.4 is 4.90 Å². The topological polar surface area (TPSA) is 32.8 Å². The summed E-state index contributed by atoms with van der Waals surface area (Å²) < 4.78 is 46.3. The molecular weight excluding hydrogens is 405 g/mol. The van der Waals surface area contributed by atoms with Crippen LogP contribution in [0.15, 0.2) is 42.5 Å². The summed E-state index contributed by atoms with van der Waals surface area (Å²) in [5.41, 5.74) is 0.685. The average Bonchev–Trinajstić information content (AvgIpc) is 2.69. The molecule has 3 aliphatic heterocycles. The van der Waals surface area contributed by atoms with Crippen molar-refractivity contribution in [2.24, 2.45) is 5.92 Å². The fraction of sp³-hybridized carbons (Fsp3) is 0.381. The highest BCUT2D eigenvalue weighted by atomic mass is 35.5. The van der Waals surface area contributed by atoms with Gasteiger partial charge in [0.25, 0.3) is 0 Å². The van der Waals surface area contributed by atoms with Crippen molar-refractivity contribution in [3.05, 3.63) is 65.5 Å². The third-order valence-corrected chi connectivity index (χ3v) is 5.51. The minimum absolute atomic E-state index is 0. The molecule has 3 aliphatic rings. The van der Waals surface area contributed by atoms with Crippen molar-refractivity contribution in [3.8, 4) is 0 Å². The van der Waals surface area contributed by atoms with Crippen LogP contribution in [0.25, 0.3) is 0 Å². The minimum Gasteiger partial charge on any atom is -0.444 e. The normalized spacial score (nSPS) is 22.7. The molecule has 0 spiro atoms. The molecule has 8 heteroatoms. The van der Waals surface area contributed by atoms with Gasteiger partial charge in [-0.1, -0.05) is 12.1 Å². The van der Waals surface area contributed by atoms with Gasteiger partial charge in [-0.3, -0.25) is 9.80 Å². The van der Waals surface area contributed by atoms with Crippen molar-refractivity contribution in [1.29, 1.82) is 0 Å². The lowest BCUT2D eigenvalue weighted by Gasteiger charge is -2.44. The maximum Gasteiger partial charge on any atom is 0.414 e. The first-order valence-electron chi connectivity index (χ1n) is 9.39. The van der Waals surface area contributed by atoms with Gasteiger partial charge in [0.2, 0.25) is 0 Å². The number of halogens is 4. The van der Waals surface area contributed by atoms with E-state index in [1.807, 2.05) is 0 Å². The Morgan fingerprint density at radius 2 is 1.83 bits per heavy atom. The van der Waals surface area contributed by atoms with Crippen LogP contribution >= 0.6 is 12.4 Å². The number of amides is 1. The predicted molar refractivity (Wildman–Crippen MR) is 106 cm³/mol. The summed E-state index contributed by atoms with van der Waals surface area (Å²) in [7, 11) is 0. The second-order valence-electron chi connectivity index (χ2n) is 7.37. The van der Waals surface area contributed by atoms with Crippen LogP contribution in [0.4, 0.5) is 23.7 Å². The molecule has 4 nitrogen and oxygen atoms in total. The Balaban J connectivity index is 0.00000240. The first kappa shape index (κ1) is 21.5. The lowest BCUT2D eigenvalue weighted by Crippen LogP contribution is -2.53. The monoisotopic (exact) mass is 426 g/mol. The standard InChI is InChI=1S/C21H21F3N2O2.ClH/c22-16-2-1-3-17(11-16)26(12-14-4-5-18(23)19(24)10-14)21(27)28-20-13-25-8-6-15(20)7-9-25;/h1-5,10-11,15,20H,6-9,12-13H2;1H/t20-;/m0./s1. The van der Waals surface area contributed by atoms with Gasteiger partial charge in [-0.25, -0.2) is 18.0 Å². The van der Waals surface area contributed by atoms with E-state index in [9.17, 15) is 18.0 Å². The van der Waals surface area contributed by atoms with Gasteiger partial charge in [0.15, 0.2) is 11.6 Å². The number of fused-ring (bicyclic) bond motifs is 3. The van der Waals surface area contributed by atoms with Crippen LogP contribution in [-0.2, 0) is 11.3 Å². The van der Waals surface area contributed by atoms with E-state index in [2.05, 4.69) is 4.90 Å². The van der Waals surface area contributed by atoms with Crippen molar-refractivity contribution in [2.75, 3.05) is 24.5 Å². The molecule has 1 atom stereocenters. The zero-order chi connectivity index (χ0) is 19.7. The minimum atomic E-state index is -0.998. The molecular formula is C21H22ClF3N2O2. The Kier molecular flexibility index (Phi) is 6.70. The quantitative estimate of drug-likeness (QED) is 0.706. The molecule has 0 unspecified atom stereocenters. The van der Waals surface area contributed by atoms with E-state index in [0.29, 0.717) is 23.7 Å². The average molecular weight is 427 g/mol. The van der Waals surface area contributed by atoms with Gasteiger partial charge in [0, 0.05) is 6.54 Å². The van der Waals surface area contributed by atoms with Crippen LogP contribution in [0.5, 0.6) is 0 Å². The zero-order valence-corrected chi connectivity index (χ0v) is 16.5. The maximum atomic E-state index is 13.7. The summed E-state index contributed by atoms with van der Waals surface area (Å²) in [5.74, 6) is -2.13. The maximum absolute atomic E-state index is 13.7. The van der Waals surface area contributed by atoms with Crippen LogP contribution in [0, 0.1) is 23.4 Å². The summed E-state index contributed by atoms with van der Waals surface area (Å²) in [6.45, 7) is 2.67. The number of carbonyl (C=O) groups excluding carboxylic acids is 1. The Morgan fingerprint density at radius 1 is 1.07 bits per heavy atom. The summed E-state index contributed by atoms with van der Waals surface area (Å²) >= 11 is 0. The summed E-state index contributed by atoms with van der Waals surface area (Å²) in [4.78, 5) is 16.5. The first-order valence-corrected chi connectivity index (χ1v) is 9.39. The van der Waals surface area contributed by atoms with Gasteiger partial charge in [0.1, 0.15) is 11.9 Å². The molecule has 0 N–H and O–H groups in total. The fourth-order valence-corrected chi connectivity index (χ4v) is 3.96. The second-order valence-corrected chi connectivity index (χ2v) is 7.37. The number of carbonyl (C=O) groups is 1. The molecule has 156 valence electrons. The molecule has 29 heavy (non-hydrogen) atoms. The number of piperidine rings is 3. The van der Waals surface area contributed by atoms with E-state index in [-0.39, 0.29) is 25.1 Å². The van der Waals surface area contributed by atoms with Crippen molar-refractivity contribution in [1.82, 2.24) is 4.90 Å². The van der Waals surface area contributed by atoms with Crippen molar-refractivity contribution in [3.63, 3.8) is 0 Å². The third kappa shape index (κ3) is 4.85. The highest BCUT2D eigenvalue weighted by Crippen LogP contribution is 2.31. The smallest absolute Gasteiger partial charge is 0.414 e. The highest BCUT2D eigenvalue weighted by Gasteiger charge is 2.37. The fourth-order valence-electron chi connectivity index (χ4n) is 3.96. The number of hydrogen-bond donors (Lipinski definition) is 0. The van der Waals surface area contributed by atoms with Crippen LogP contribution in [-0.4, -0.2) is 36.7 Å². The number of ether oxygens (including phenoxy) is 1. The SMILES string of the molecule is Cl.O=C(O[C@H]1CN2CCC1CC2)N(Cc1ccc(F)c(F)c1)c1cccc(F)c1. The van der Waals surface area contributed by atoms with Gasteiger partial charge in [0.05, 0.1) is 12.2 Å². The van der Waals surface area contributed by atoms with E-state index in [1.54, 1.807) is 6.07 Å². The number of benzene rings is 2. The van der Waals surface area contributed by atoms with Crippen LogP contribution in [0.1, 0.15) is 18.4 Å². The molecule has 5 rings (SSSR count). The Labute approximate surface area is 173 Å². The van der Waals surface area contributed by atoms with Gasteiger partial charge in [-0.05, 0) is 67.7 Å². The third-order valence-electron chi connectivity index (χ3n) is 5.51. The van der Waals surface area contributed by atoms with Gasteiger partial charge >= 0.3 is 6.09 Å². The van der Waals surface area contributed by atoms with Gasteiger partial charge < -0.3 is 4.74 Å². The number of hydrogen-bond acceptors (Lipinski definition) is 3. The molecule has 2 bridgehead atoms. The largest absolute Gasteiger partial charge is 0.444 e. The van der Waals surface area contributed by atoms with E-state index in [0.717, 1.165) is 38.1 Å². The summed E-state index contributed by atoms with van der Waals surface area (Å²) in [5, 5.41) is 0. The van der Waals surface area contributed by atoms with Crippen molar-refractivity contribution >= 4 is 24.2 Å². The second kappa shape index (κ2) is 9.05. The molecule has 3 heterocycles. The zero-order valence-electron chi connectivity index (χ0n) is 15.7. The molecule has 3 saturated heterocycles. The lowest BCUT2D eigenvalue weighted by molar-refractivity contribution is -0.0311.